The van der Waals surface area contributed by atoms with Crippen molar-refractivity contribution in [2.24, 2.45) is 0 Å². The van der Waals surface area contributed by atoms with Gasteiger partial charge in [-0.15, -0.1) is 0 Å². The van der Waals surface area contributed by atoms with Gasteiger partial charge in [-0.2, -0.15) is 4.98 Å². The molecule has 5 nitrogen and oxygen atoms in total. The van der Waals surface area contributed by atoms with E-state index in [0.717, 1.165) is 13.0 Å². The Kier molecular flexibility index (Phi) is 3.33. The van der Waals surface area contributed by atoms with Crippen molar-refractivity contribution in [2.45, 2.75) is 44.8 Å². The van der Waals surface area contributed by atoms with Crippen LogP contribution in [-0.2, 0) is 6.42 Å². The van der Waals surface area contributed by atoms with Gasteiger partial charge in [-0.25, -0.2) is 0 Å². The summed E-state index contributed by atoms with van der Waals surface area (Å²) in [5.41, 5.74) is 0. The molecule has 0 bridgehead atoms. The second-order valence-electron chi connectivity index (χ2n) is 4.08. The highest BCUT2D eigenvalue weighted by atomic mass is 16.5. The molecule has 0 aromatic carbocycles. The first-order valence-corrected chi connectivity index (χ1v) is 5.49. The minimum atomic E-state index is -0.675. The van der Waals surface area contributed by atoms with Crippen molar-refractivity contribution in [1.82, 2.24) is 15.5 Å². The van der Waals surface area contributed by atoms with Crippen LogP contribution >= 0.6 is 0 Å². The number of aliphatic hydroxyl groups excluding tert-OH is 1. The molecule has 1 fully saturated rings. The molecule has 1 aromatic heterocycles. The summed E-state index contributed by atoms with van der Waals surface area (Å²) < 4.78 is 4.93. The zero-order chi connectivity index (χ0) is 10.7. The number of nitrogens with zero attached hydrogens (tertiary/aromatic N) is 2. The number of nitrogens with one attached hydrogen (secondary N) is 1. The van der Waals surface area contributed by atoms with E-state index in [2.05, 4.69) is 15.5 Å². The summed E-state index contributed by atoms with van der Waals surface area (Å²) in [5.74, 6) is 0.992. The Balaban J connectivity index is 1.91. The second-order valence-corrected chi connectivity index (χ2v) is 4.08. The first-order valence-electron chi connectivity index (χ1n) is 5.49. The normalized spacial score (nSPS) is 24.0. The molecule has 5 heteroatoms. The molecule has 1 aromatic rings. The molecule has 0 amide bonds. The van der Waals surface area contributed by atoms with Crippen molar-refractivity contribution < 1.29 is 9.63 Å². The predicted octanol–water partition coefficient (Wildman–Crippen LogP) is 0.807. The molecule has 1 saturated heterocycles. The van der Waals surface area contributed by atoms with Gasteiger partial charge in [-0.1, -0.05) is 11.6 Å². The number of rotatable bonds is 3. The van der Waals surface area contributed by atoms with Crippen LogP contribution in [0.25, 0.3) is 0 Å². The molecule has 0 radical (unpaired) electrons. The Morgan fingerprint density at radius 3 is 3.07 bits per heavy atom. The van der Waals surface area contributed by atoms with Crippen LogP contribution in [0.1, 0.15) is 44.0 Å². The fraction of sp³-hybridized carbons (Fsp3) is 0.800. The van der Waals surface area contributed by atoms with E-state index in [-0.39, 0.29) is 0 Å². The Morgan fingerprint density at radius 2 is 2.47 bits per heavy atom. The van der Waals surface area contributed by atoms with Crippen molar-refractivity contribution in [3.63, 3.8) is 0 Å². The lowest BCUT2D eigenvalue weighted by atomic mass is 10.0. The molecule has 0 spiro atoms. The smallest absolute Gasteiger partial charge is 0.255 e. The van der Waals surface area contributed by atoms with Gasteiger partial charge < -0.3 is 14.9 Å². The van der Waals surface area contributed by atoms with Gasteiger partial charge in [0, 0.05) is 12.5 Å². The Bertz CT molecular complexity index is 305. The first kappa shape index (κ1) is 10.6. The molecular formula is C10H17N3O2. The largest absolute Gasteiger partial charge is 0.384 e. The molecule has 2 heterocycles. The first-order chi connectivity index (χ1) is 7.25. The van der Waals surface area contributed by atoms with Gasteiger partial charge in [0.25, 0.3) is 5.89 Å². The molecule has 1 aliphatic heterocycles. The van der Waals surface area contributed by atoms with Crippen molar-refractivity contribution in [2.75, 3.05) is 6.54 Å². The third-order valence-corrected chi connectivity index (χ3v) is 2.68. The Morgan fingerprint density at radius 1 is 1.60 bits per heavy atom. The van der Waals surface area contributed by atoms with Crippen molar-refractivity contribution in [1.29, 1.82) is 0 Å². The number of hydrogen-bond acceptors (Lipinski definition) is 5. The van der Waals surface area contributed by atoms with Crippen LogP contribution in [0.4, 0.5) is 0 Å². The number of aromatic nitrogens is 2. The molecule has 2 N–H and O–H groups in total. The quantitative estimate of drug-likeness (QED) is 0.774. The summed E-state index contributed by atoms with van der Waals surface area (Å²) in [6.45, 7) is 2.70. The van der Waals surface area contributed by atoms with E-state index >= 15 is 0 Å². The van der Waals surface area contributed by atoms with E-state index in [1.165, 1.54) is 19.3 Å². The molecule has 2 unspecified atom stereocenters. The van der Waals surface area contributed by atoms with Gasteiger partial charge in [0.05, 0.1) is 0 Å². The van der Waals surface area contributed by atoms with Crippen LogP contribution in [-0.4, -0.2) is 27.8 Å². The van der Waals surface area contributed by atoms with Gasteiger partial charge >= 0.3 is 0 Å². The summed E-state index contributed by atoms with van der Waals surface area (Å²) >= 11 is 0. The summed E-state index contributed by atoms with van der Waals surface area (Å²) in [5, 5.41) is 16.5. The topological polar surface area (TPSA) is 71.2 Å². The van der Waals surface area contributed by atoms with E-state index in [4.69, 9.17) is 4.52 Å². The Labute approximate surface area is 88.9 Å². The molecule has 84 valence electrons. The highest BCUT2D eigenvalue weighted by Gasteiger charge is 2.17. The molecule has 2 rings (SSSR count). The van der Waals surface area contributed by atoms with Gasteiger partial charge in [-0.3, -0.25) is 0 Å². The standard InChI is InChI=1S/C10H17N3O2/c1-7(14)10-12-9(13-15-10)6-8-4-2-3-5-11-8/h7-8,11,14H,2-6H2,1H3. The average molecular weight is 211 g/mol. The van der Waals surface area contributed by atoms with Crippen LogP contribution in [0.15, 0.2) is 4.52 Å². The lowest BCUT2D eigenvalue weighted by Crippen LogP contribution is -2.35. The van der Waals surface area contributed by atoms with Gasteiger partial charge in [-0.05, 0) is 26.3 Å². The molecular weight excluding hydrogens is 194 g/mol. The number of piperidine rings is 1. The summed E-state index contributed by atoms with van der Waals surface area (Å²) in [6, 6.07) is 0.457. The molecule has 0 aliphatic carbocycles. The van der Waals surface area contributed by atoms with Crippen LogP contribution in [0.2, 0.25) is 0 Å². The minimum Gasteiger partial charge on any atom is -0.384 e. The van der Waals surface area contributed by atoms with Crippen LogP contribution < -0.4 is 5.32 Å². The minimum absolute atomic E-state index is 0.306. The second kappa shape index (κ2) is 4.72. The number of hydrogen-bond donors (Lipinski definition) is 2. The van der Waals surface area contributed by atoms with Gasteiger partial charge in [0.15, 0.2) is 5.82 Å². The summed E-state index contributed by atoms with van der Waals surface area (Å²) in [7, 11) is 0. The highest BCUT2D eigenvalue weighted by Crippen LogP contribution is 2.13. The molecule has 2 atom stereocenters. The summed E-state index contributed by atoms with van der Waals surface area (Å²) in [4.78, 5) is 4.14. The van der Waals surface area contributed by atoms with Crippen LogP contribution in [0.5, 0.6) is 0 Å². The fourth-order valence-corrected chi connectivity index (χ4v) is 1.84. The van der Waals surface area contributed by atoms with Crippen molar-refractivity contribution >= 4 is 0 Å². The molecule has 15 heavy (non-hydrogen) atoms. The Hall–Kier alpha value is -0.940. The lowest BCUT2D eigenvalue weighted by Gasteiger charge is -2.21. The van der Waals surface area contributed by atoms with E-state index in [0.29, 0.717) is 17.8 Å². The maximum Gasteiger partial charge on any atom is 0.255 e. The van der Waals surface area contributed by atoms with Crippen molar-refractivity contribution in [3.05, 3.63) is 11.7 Å². The third-order valence-electron chi connectivity index (χ3n) is 2.68. The van der Waals surface area contributed by atoms with E-state index in [1.807, 2.05) is 0 Å². The zero-order valence-corrected chi connectivity index (χ0v) is 8.94. The van der Waals surface area contributed by atoms with E-state index < -0.39 is 6.10 Å². The maximum absolute atomic E-state index is 9.23. The average Bonchev–Trinajstić information content (AvgIpc) is 2.68. The number of aliphatic hydroxyl groups is 1. The predicted molar refractivity (Wildman–Crippen MR) is 54.3 cm³/mol. The summed E-state index contributed by atoms with van der Waals surface area (Å²) in [6.07, 6.45) is 3.79. The van der Waals surface area contributed by atoms with Gasteiger partial charge in [0.1, 0.15) is 6.10 Å². The maximum atomic E-state index is 9.23. The van der Waals surface area contributed by atoms with Crippen LogP contribution in [0, 0.1) is 0 Å². The van der Waals surface area contributed by atoms with Gasteiger partial charge in [0.2, 0.25) is 0 Å². The monoisotopic (exact) mass is 211 g/mol. The van der Waals surface area contributed by atoms with E-state index in [1.54, 1.807) is 6.92 Å². The zero-order valence-electron chi connectivity index (χ0n) is 8.94. The molecule has 0 saturated carbocycles. The lowest BCUT2D eigenvalue weighted by molar-refractivity contribution is 0.151. The highest BCUT2D eigenvalue weighted by molar-refractivity contribution is 4.92. The third kappa shape index (κ3) is 2.76. The van der Waals surface area contributed by atoms with Crippen LogP contribution in [0.3, 0.4) is 0 Å². The van der Waals surface area contributed by atoms with E-state index in [9.17, 15) is 5.11 Å². The fourth-order valence-electron chi connectivity index (χ4n) is 1.84. The van der Waals surface area contributed by atoms with Crippen molar-refractivity contribution in [3.8, 4) is 0 Å². The SMILES string of the molecule is CC(O)c1nc(CC2CCCCN2)no1. The molecule has 1 aliphatic rings.